The van der Waals surface area contributed by atoms with Gasteiger partial charge in [-0.3, -0.25) is 9.59 Å². The zero-order valence-electron chi connectivity index (χ0n) is 13.2. The third-order valence-electron chi connectivity index (χ3n) is 3.62. The van der Waals surface area contributed by atoms with E-state index in [0.717, 1.165) is 11.8 Å². The largest absolute Gasteiger partial charge is 0.324 e. The fraction of sp³-hybridized carbons (Fsp3) is 0.0588. The van der Waals surface area contributed by atoms with Gasteiger partial charge in [-0.1, -0.05) is 35.5 Å². The number of hydrogen-bond donors (Lipinski definition) is 1. The van der Waals surface area contributed by atoms with Crippen LogP contribution in [0.25, 0.3) is 16.0 Å². The third kappa shape index (κ3) is 3.31. The number of aromatic nitrogens is 4. The van der Waals surface area contributed by atoms with Crippen molar-refractivity contribution in [2.75, 3.05) is 0 Å². The highest BCUT2D eigenvalue weighted by molar-refractivity contribution is 7.98. The van der Waals surface area contributed by atoms with Gasteiger partial charge in [0.2, 0.25) is 0 Å². The molecule has 3 heterocycles. The van der Waals surface area contributed by atoms with Crippen molar-refractivity contribution >= 4 is 44.9 Å². The lowest BCUT2D eigenvalue weighted by Gasteiger charge is -2.11. The summed E-state index contributed by atoms with van der Waals surface area (Å²) in [5.74, 6) is 0.943. The molecule has 0 bridgehead atoms. The standard InChI is InChI=1S/C17H11ClN4O2S2/c18-11-3-1-10(2-4-11)9-26-17-21-12-5-6-25-15(12)16(24)22(17)13-7-20-14(23)8-19-13/h1-8H,9H2,(H,20,23). The number of halogens is 1. The molecule has 130 valence electrons. The number of aromatic amines is 1. The van der Waals surface area contributed by atoms with Gasteiger partial charge in [-0.25, -0.2) is 14.5 Å². The van der Waals surface area contributed by atoms with Crippen molar-refractivity contribution in [1.82, 2.24) is 19.5 Å². The van der Waals surface area contributed by atoms with Gasteiger partial charge in [0, 0.05) is 17.0 Å². The predicted octanol–water partition coefficient (Wildman–Crippen LogP) is 3.48. The van der Waals surface area contributed by atoms with Crippen molar-refractivity contribution in [2.24, 2.45) is 0 Å². The van der Waals surface area contributed by atoms with Gasteiger partial charge in [-0.15, -0.1) is 11.3 Å². The number of nitrogens with one attached hydrogen (secondary N) is 1. The molecule has 0 aliphatic rings. The van der Waals surface area contributed by atoms with Crippen LogP contribution < -0.4 is 11.1 Å². The van der Waals surface area contributed by atoms with Crippen LogP contribution in [0.1, 0.15) is 5.56 Å². The molecular weight excluding hydrogens is 392 g/mol. The molecule has 1 N–H and O–H groups in total. The van der Waals surface area contributed by atoms with E-state index >= 15 is 0 Å². The Hall–Kier alpha value is -2.42. The van der Waals surface area contributed by atoms with Gasteiger partial charge in [0.1, 0.15) is 4.70 Å². The molecule has 0 atom stereocenters. The quantitative estimate of drug-likeness (QED) is 0.417. The first-order valence-corrected chi connectivity index (χ1v) is 9.79. The molecule has 9 heteroatoms. The molecule has 4 aromatic rings. The first-order chi connectivity index (χ1) is 12.6. The molecule has 0 unspecified atom stereocenters. The number of rotatable bonds is 4. The molecule has 0 spiro atoms. The smallest absolute Gasteiger partial charge is 0.277 e. The average molecular weight is 403 g/mol. The van der Waals surface area contributed by atoms with E-state index in [0.29, 0.717) is 32.0 Å². The Kier molecular flexibility index (Phi) is 4.62. The average Bonchev–Trinajstić information content (AvgIpc) is 3.11. The van der Waals surface area contributed by atoms with E-state index in [4.69, 9.17) is 11.6 Å². The Labute approximate surface area is 160 Å². The Morgan fingerprint density at radius 3 is 2.73 bits per heavy atom. The summed E-state index contributed by atoms with van der Waals surface area (Å²) in [7, 11) is 0. The lowest BCUT2D eigenvalue weighted by Crippen LogP contribution is -2.23. The zero-order valence-corrected chi connectivity index (χ0v) is 15.6. The monoisotopic (exact) mass is 402 g/mol. The SMILES string of the molecule is O=c1cnc(-n2c(SCc3ccc(Cl)cc3)nc3ccsc3c2=O)c[nH]1. The minimum Gasteiger partial charge on any atom is -0.324 e. The molecule has 0 saturated carbocycles. The highest BCUT2D eigenvalue weighted by Crippen LogP contribution is 2.25. The van der Waals surface area contributed by atoms with Crippen LogP contribution in [0.3, 0.4) is 0 Å². The lowest BCUT2D eigenvalue weighted by atomic mass is 10.2. The number of benzene rings is 1. The molecule has 4 rings (SSSR count). The summed E-state index contributed by atoms with van der Waals surface area (Å²) in [5, 5.41) is 3.01. The van der Waals surface area contributed by atoms with Gasteiger partial charge >= 0.3 is 0 Å². The summed E-state index contributed by atoms with van der Waals surface area (Å²) in [6.45, 7) is 0. The van der Waals surface area contributed by atoms with Crippen molar-refractivity contribution in [2.45, 2.75) is 10.9 Å². The van der Waals surface area contributed by atoms with E-state index in [9.17, 15) is 9.59 Å². The summed E-state index contributed by atoms with van der Waals surface area (Å²) >= 11 is 8.67. The maximum atomic E-state index is 12.9. The zero-order chi connectivity index (χ0) is 18.1. The summed E-state index contributed by atoms with van der Waals surface area (Å²) in [4.78, 5) is 35.5. The minimum atomic E-state index is -0.331. The van der Waals surface area contributed by atoms with Crippen LogP contribution in [0.15, 0.2) is 62.9 Å². The summed E-state index contributed by atoms with van der Waals surface area (Å²) in [6.07, 6.45) is 2.56. The van der Waals surface area contributed by atoms with Gasteiger partial charge in [0.05, 0.1) is 11.7 Å². The first kappa shape index (κ1) is 17.0. The molecule has 0 amide bonds. The van der Waals surface area contributed by atoms with E-state index in [1.54, 1.807) is 0 Å². The maximum absolute atomic E-state index is 12.9. The van der Waals surface area contributed by atoms with Gasteiger partial charge in [-0.05, 0) is 29.1 Å². The molecular formula is C17H11ClN4O2S2. The second kappa shape index (κ2) is 7.06. The minimum absolute atomic E-state index is 0.205. The van der Waals surface area contributed by atoms with E-state index in [-0.39, 0.29) is 11.1 Å². The molecule has 1 aromatic carbocycles. The Bertz CT molecular complexity index is 1180. The van der Waals surface area contributed by atoms with Crippen molar-refractivity contribution in [3.63, 3.8) is 0 Å². The maximum Gasteiger partial charge on any atom is 0.277 e. The molecule has 0 fully saturated rings. The van der Waals surface area contributed by atoms with Crippen molar-refractivity contribution in [3.05, 3.63) is 79.4 Å². The number of thioether (sulfide) groups is 1. The highest BCUT2D eigenvalue weighted by Gasteiger charge is 2.15. The summed E-state index contributed by atoms with van der Waals surface area (Å²) in [5.41, 5.74) is 1.17. The number of thiophene rings is 1. The topological polar surface area (TPSA) is 80.6 Å². The Morgan fingerprint density at radius 1 is 1.19 bits per heavy atom. The number of fused-ring (bicyclic) bond motifs is 1. The van der Waals surface area contributed by atoms with E-state index < -0.39 is 0 Å². The van der Waals surface area contributed by atoms with Crippen LogP contribution >= 0.6 is 34.7 Å². The highest BCUT2D eigenvalue weighted by atomic mass is 35.5. The third-order valence-corrected chi connectivity index (χ3v) is 5.77. The van der Waals surface area contributed by atoms with Gasteiger partial charge in [0.15, 0.2) is 11.0 Å². The predicted molar refractivity (Wildman–Crippen MR) is 105 cm³/mol. The van der Waals surface area contributed by atoms with Crippen LogP contribution in [-0.2, 0) is 5.75 Å². The van der Waals surface area contributed by atoms with E-state index in [1.807, 2.05) is 35.7 Å². The van der Waals surface area contributed by atoms with E-state index in [2.05, 4.69) is 15.0 Å². The van der Waals surface area contributed by atoms with Crippen LogP contribution in [0.4, 0.5) is 0 Å². The number of H-pyrrole nitrogens is 1. The number of hydrogen-bond acceptors (Lipinski definition) is 6. The molecule has 0 aliphatic carbocycles. The Balaban J connectivity index is 1.80. The van der Waals surface area contributed by atoms with Crippen LogP contribution in [0.5, 0.6) is 0 Å². The van der Waals surface area contributed by atoms with Crippen molar-refractivity contribution < 1.29 is 0 Å². The fourth-order valence-electron chi connectivity index (χ4n) is 2.38. The van der Waals surface area contributed by atoms with Crippen LogP contribution in [0, 0.1) is 0 Å². The summed E-state index contributed by atoms with van der Waals surface area (Å²) < 4.78 is 1.98. The molecule has 26 heavy (non-hydrogen) atoms. The van der Waals surface area contributed by atoms with Crippen molar-refractivity contribution in [3.8, 4) is 5.82 Å². The molecule has 0 aliphatic heterocycles. The summed E-state index contributed by atoms with van der Waals surface area (Å²) in [6, 6.07) is 9.32. The van der Waals surface area contributed by atoms with Crippen LogP contribution in [0.2, 0.25) is 5.02 Å². The van der Waals surface area contributed by atoms with Gasteiger partial charge < -0.3 is 4.98 Å². The first-order valence-electron chi connectivity index (χ1n) is 7.54. The lowest BCUT2D eigenvalue weighted by molar-refractivity contribution is 0.789. The normalized spacial score (nSPS) is 11.1. The van der Waals surface area contributed by atoms with E-state index in [1.165, 1.54) is 33.9 Å². The van der Waals surface area contributed by atoms with Gasteiger partial charge in [-0.2, -0.15) is 0 Å². The van der Waals surface area contributed by atoms with Crippen molar-refractivity contribution in [1.29, 1.82) is 0 Å². The molecule has 3 aromatic heterocycles. The molecule has 0 saturated heterocycles. The van der Waals surface area contributed by atoms with Gasteiger partial charge in [0.25, 0.3) is 11.1 Å². The number of nitrogens with zero attached hydrogens (tertiary/aromatic N) is 3. The second-order valence-corrected chi connectivity index (χ2v) is 7.65. The fourth-order valence-corrected chi connectivity index (χ4v) is 4.22. The molecule has 0 radical (unpaired) electrons. The molecule has 6 nitrogen and oxygen atoms in total. The second-order valence-electron chi connectivity index (χ2n) is 5.35. The van der Waals surface area contributed by atoms with Crippen LogP contribution in [-0.4, -0.2) is 19.5 Å². The Morgan fingerprint density at radius 2 is 2.00 bits per heavy atom.